The standard InChI is InChI=1S/C50H54F2N10O6S/c1-26(2)42(39-15-27(3)59-68-39)48(67)61-24-34(63)16-38(61)46(65)56-36(29-11-13-31(14-12-29)45-28(4)53-25-69-45)18-41(64)60-21-32(22-60)44(30-9-7-6-8-10-30)62-23-33(20-54-62)55-47(66)43-35-17-40-49(5,50(40,51)52)19-37(35)57-58-43/h6-15,20,23,25-26,32,34,36,38,40,42,44,63H,16-19,21-22,24H2,1-5H3,(H,55,66)(H,56,65)(H,57,58)/t34-,36?,38+,40-,42?,44?,49+/m1/s1. The molecule has 4 aliphatic rings. The van der Waals surface area contributed by atoms with Crippen LogP contribution in [0.3, 0.4) is 0 Å². The first kappa shape index (κ1) is 46.1. The number of nitrogens with one attached hydrogen (secondary N) is 3. The van der Waals surface area contributed by atoms with Crippen LogP contribution in [-0.4, -0.2) is 106 Å². The number of fused-ring (bicyclic) bond motifs is 2. The number of aryl methyl sites for hydroxylation is 2. The number of halogens is 2. The van der Waals surface area contributed by atoms with E-state index in [1.54, 1.807) is 41.2 Å². The molecule has 3 fully saturated rings. The molecule has 2 aliphatic carbocycles. The summed E-state index contributed by atoms with van der Waals surface area (Å²) in [6.07, 6.45) is 2.49. The summed E-state index contributed by atoms with van der Waals surface area (Å²) in [7, 11) is 0. The number of hydrogen-bond acceptors (Lipinski definition) is 11. The Morgan fingerprint density at radius 3 is 2.46 bits per heavy atom. The molecule has 10 rings (SSSR count). The molecule has 0 bridgehead atoms. The second kappa shape index (κ2) is 17.7. The monoisotopic (exact) mass is 960 g/mol. The zero-order valence-corrected chi connectivity index (χ0v) is 39.7. The van der Waals surface area contributed by atoms with Crippen molar-refractivity contribution in [2.45, 2.75) is 96.4 Å². The highest BCUT2D eigenvalue weighted by Crippen LogP contribution is 2.70. The van der Waals surface area contributed by atoms with Gasteiger partial charge in [0, 0.05) is 73.2 Å². The van der Waals surface area contributed by atoms with Gasteiger partial charge in [0.25, 0.3) is 11.8 Å². The summed E-state index contributed by atoms with van der Waals surface area (Å²) in [5, 5.41) is 32.5. The number of amides is 4. The van der Waals surface area contributed by atoms with Crippen molar-refractivity contribution in [1.82, 2.24) is 45.2 Å². The predicted octanol–water partition coefficient (Wildman–Crippen LogP) is 6.65. The Balaban J connectivity index is 0.849. The van der Waals surface area contributed by atoms with Crippen molar-refractivity contribution < 1.29 is 37.6 Å². The van der Waals surface area contributed by atoms with Crippen LogP contribution in [0.5, 0.6) is 0 Å². The summed E-state index contributed by atoms with van der Waals surface area (Å²) in [5.74, 6) is -5.75. The summed E-state index contributed by atoms with van der Waals surface area (Å²) in [6, 6.07) is 17.0. The smallest absolute Gasteiger partial charge is 0.276 e. The van der Waals surface area contributed by atoms with Crippen molar-refractivity contribution >= 4 is 40.7 Å². The molecule has 0 spiro atoms. The molecule has 2 aromatic carbocycles. The number of hydrogen-bond donors (Lipinski definition) is 4. The van der Waals surface area contributed by atoms with Gasteiger partial charge in [-0.15, -0.1) is 11.3 Å². The molecule has 16 nitrogen and oxygen atoms in total. The van der Waals surface area contributed by atoms with Crippen LogP contribution in [0.4, 0.5) is 14.5 Å². The molecule has 4 N–H and O–H groups in total. The number of aromatic amines is 1. The van der Waals surface area contributed by atoms with E-state index in [4.69, 9.17) is 4.52 Å². The number of anilines is 1. The number of carbonyl (C=O) groups excluding carboxylic acids is 4. The summed E-state index contributed by atoms with van der Waals surface area (Å²) in [5.41, 5.74) is 6.36. The average molecular weight is 961 g/mol. The van der Waals surface area contributed by atoms with E-state index in [2.05, 4.69) is 36.1 Å². The van der Waals surface area contributed by atoms with E-state index in [0.717, 1.165) is 21.7 Å². The van der Waals surface area contributed by atoms with Gasteiger partial charge in [-0.25, -0.2) is 13.8 Å². The van der Waals surface area contributed by atoms with Crippen LogP contribution < -0.4 is 10.6 Å². The van der Waals surface area contributed by atoms with E-state index in [-0.39, 0.29) is 67.6 Å². The minimum absolute atomic E-state index is 0.0298. The summed E-state index contributed by atoms with van der Waals surface area (Å²) in [4.78, 5) is 65.1. The van der Waals surface area contributed by atoms with E-state index >= 15 is 0 Å². The molecule has 2 saturated heterocycles. The zero-order valence-electron chi connectivity index (χ0n) is 38.9. The number of benzene rings is 2. The Morgan fingerprint density at radius 1 is 1.03 bits per heavy atom. The molecule has 7 atom stereocenters. The Morgan fingerprint density at radius 2 is 1.78 bits per heavy atom. The largest absolute Gasteiger partial charge is 0.391 e. The summed E-state index contributed by atoms with van der Waals surface area (Å²) < 4.78 is 36.5. The minimum Gasteiger partial charge on any atom is -0.391 e. The van der Waals surface area contributed by atoms with Crippen LogP contribution in [-0.2, 0) is 27.2 Å². The number of likely N-dealkylation sites (tertiary alicyclic amines) is 2. The highest BCUT2D eigenvalue weighted by molar-refractivity contribution is 7.13. The highest BCUT2D eigenvalue weighted by atomic mass is 32.1. The van der Waals surface area contributed by atoms with Crippen LogP contribution >= 0.6 is 11.3 Å². The van der Waals surface area contributed by atoms with Gasteiger partial charge in [-0.05, 0) is 42.9 Å². The van der Waals surface area contributed by atoms with Gasteiger partial charge in [-0.1, -0.05) is 80.5 Å². The molecule has 0 radical (unpaired) electrons. The van der Waals surface area contributed by atoms with Crippen molar-refractivity contribution in [3.63, 3.8) is 0 Å². The lowest BCUT2D eigenvalue weighted by molar-refractivity contribution is -0.142. The van der Waals surface area contributed by atoms with Gasteiger partial charge >= 0.3 is 0 Å². The lowest BCUT2D eigenvalue weighted by atomic mass is 9.86. The normalized spacial score (nSPS) is 22.9. The van der Waals surface area contributed by atoms with Crippen LogP contribution in [0.1, 0.15) is 102 Å². The van der Waals surface area contributed by atoms with E-state index in [9.17, 15) is 33.1 Å². The van der Waals surface area contributed by atoms with E-state index in [1.807, 2.05) is 75.4 Å². The van der Waals surface area contributed by atoms with E-state index in [0.29, 0.717) is 47.1 Å². The van der Waals surface area contributed by atoms with Gasteiger partial charge < -0.3 is 30.1 Å². The van der Waals surface area contributed by atoms with Crippen LogP contribution in [0.15, 0.2) is 83.1 Å². The number of carbonyl (C=O) groups is 4. The first-order valence-corrected chi connectivity index (χ1v) is 24.2. The minimum atomic E-state index is -2.79. The number of thiazole rings is 1. The highest BCUT2D eigenvalue weighted by Gasteiger charge is 2.78. The first-order chi connectivity index (χ1) is 33.0. The fraction of sp³-hybridized carbons (Fsp3) is 0.440. The molecule has 19 heteroatoms. The Kier molecular flexibility index (Phi) is 11.9. The van der Waals surface area contributed by atoms with Crippen molar-refractivity contribution in [3.05, 3.63) is 124 Å². The molecular formula is C50H54F2N10O6S. The predicted molar refractivity (Wildman–Crippen MR) is 250 cm³/mol. The van der Waals surface area contributed by atoms with Crippen molar-refractivity contribution in [2.24, 2.45) is 23.2 Å². The number of aliphatic hydroxyl groups is 1. The van der Waals surface area contributed by atoms with Gasteiger partial charge in [0.1, 0.15) is 17.7 Å². The maximum absolute atomic E-state index is 14.6. The van der Waals surface area contributed by atoms with Gasteiger partial charge in [-0.3, -0.25) is 29.0 Å². The lowest BCUT2D eigenvalue weighted by Crippen LogP contribution is -2.54. The third-order valence-corrected chi connectivity index (χ3v) is 15.7. The third-order valence-electron chi connectivity index (χ3n) is 14.8. The molecule has 6 heterocycles. The van der Waals surface area contributed by atoms with Crippen molar-refractivity contribution in [1.29, 1.82) is 0 Å². The number of aliphatic hydroxyl groups excluding tert-OH is 1. The average Bonchev–Trinajstić information content (AvgIpc) is 4.10. The summed E-state index contributed by atoms with van der Waals surface area (Å²) in [6.45, 7) is 9.79. The van der Waals surface area contributed by atoms with Crippen LogP contribution in [0.25, 0.3) is 10.4 Å². The van der Waals surface area contributed by atoms with Crippen molar-refractivity contribution in [2.75, 3.05) is 25.0 Å². The molecular weight excluding hydrogens is 907 g/mol. The van der Waals surface area contributed by atoms with Gasteiger partial charge in [0.15, 0.2) is 5.69 Å². The first-order valence-electron chi connectivity index (χ1n) is 23.3. The van der Waals surface area contributed by atoms with Crippen molar-refractivity contribution in [3.8, 4) is 10.4 Å². The Bertz CT molecular complexity index is 2910. The maximum Gasteiger partial charge on any atom is 0.276 e. The third kappa shape index (κ3) is 8.42. The Hall–Kier alpha value is -6.60. The molecule has 3 unspecified atom stereocenters. The maximum atomic E-state index is 14.6. The number of rotatable bonds is 14. The fourth-order valence-electron chi connectivity index (χ4n) is 10.8. The number of aromatic nitrogens is 6. The number of nitrogens with zero attached hydrogens (tertiary/aromatic N) is 7. The molecule has 2 aliphatic heterocycles. The quantitative estimate of drug-likeness (QED) is 0.0915. The molecule has 360 valence electrons. The number of alkyl halides is 2. The zero-order chi connectivity index (χ0) is 48.5. The SMILES string of the molecule is Cc1cc(C(C(=O)N2C[C@H](O)C[C@H]2C(=O)NC(CC(=O)N2CC(C(c3ccccc3)n3cc(NC(=O)c4n[nH]c5c4C[C@H]4C(F)(F)[C@@]4(C)C5)cn3)C2)c2ccc(-c3scnc3C)cc2)C(C)C)on1. The van der Waals surface area contributed by atoms with E-state index < -0.39 is 53.2 Å². The van der Waals surface area contributed by atoms with Gasteiger partial charge in [-0.2, -0.15) is 10.2 Å². The molecule has 1 saturated carbocycles. The lowest BCUT2D eigenvalue weighted by Gasteiger charge is -2.44. The molecule has 69 heavy (non-hydrogen) atoms. The molecule has 4 aromatic heterocycles. The molecule has 4 amide bonds. The summed E-state index contributed by atoms with van der Waals surface area (Å²) >= 11 is 1.52. The van der Waals surface area contributed by atoms with E-state index in [1.165, 1.54) is 22.4 Å². The number of β-amino-alcohol motifs (C(OH)–C–C–N with tert-alkyl or cyclic N) is 1. The second-order valence-corrected chi connectivity index (χ2v) is 20.6. The van der Waals surface area contributed by atoms with Gasteiger partial charge in [0.2, 0.25) is 17.7 Å². The fourth-order valence-corrected chi connectivity index (χ4v) is 11.6. The van der Waals surface area contributed by atoms with Gasteiger partial charge in [0.05, 0.1) is 58.3 Å². The second-order valence-electron chi connectivity index (χ2n) is 19.7. The van der Waals surface area contributed by atoms with Crippen LogP contribution in [0, 0.1) is 37.0 Å². The topological polar surface area (TPSA) is 204 Å². The van der Waals surface area contributed by atoms with Crippen LogP contribution in [0.2, 0.25) is 0 Å². The Labute approximate surface area is 400 Å². The number of H-pyrrole nitrogens is 1. The molecule has 6 aromatic rings.